The van der Waals surface area contributed by atoms with Gasteiger partial charge >= 0.3 is 0 Å². The summed E-state index contributed by atoms with van der Waals surface area (Å²) in [6.07, 6.45) is 6.75. The summed E-state index contributed by atoms with van der Waals surface area (Å²) in [5.41, 5.74) is 7.73. The first-order valence-electron chi connectivity index (χ1n) is 5.70. The molecule has 84 valence electrons. The molecule has 0 saturated heterocycles. The molecule has 1 aromatic rings. The van der Waals surface area contributed by atoms with Gasteiger partial charge < -0.3 is 5.73 Å². The van der Waals surface area contributed by atoms with Crippen LogP contribution >= 0.6 is 27.3 Å². The van der Waals surface area contributed by atoms with E-state index in [1.54, 1.807) is 11.3 Å². The van der Waals surface area contributed by atoms with Crippen molar-refractivity contribution in [3.8, 4) is 0 Å². The molecule has 2 N–H and O–H groups in total. The van der Waals surface area contributed by atoms with Gasteiger partial charge in [-0.05, 0) is 53.2 Å². The molecule has 1 atom stereocenters. The van der Waals surface area contributed by atoms with Crippen LogP contribution in [-0.2, 0) is 0 Å². The molecule has 15 heavy (non-hydrogen) atoms. The lowest BCUT2D eigenvalue weighted by atomic mass is 9.82. The van der Waals surface area contributed by atoms with Crippen molar-refractivity contribution >= 4 is 27.3 Å². The number of hydrogen-bond acceptors (Lipinski definition) is 2. The molecule has 2 rings (SSSR count). The zero-order chi connectivity index (χ0) is 10.8. The van der Waals surface area contributed by atoms with E-state index in [-0.39, 0.29) is 6.04 Å². The van der Waals surface area contributed by atoms with Gasteiger partial charge in [-0.3, -0.25) is 0 Å². The largest absolute Gasteiger partial charge is 0.324 e. The van der Waals surface area contributed by atoms with Crippen LogP contribution in [0.15, 0.2) is 9.85 Å². The number of thiophene rings is 1. The average Bonchev–Trinajstić information content (AvgIpc) is 2.58. The van der Waals surface area contributed by atoms with Gasteiger partial charge in [0.05, 0.1) is 3.79 Å². The Morgan fingerprint density at radius 1 is 1.40 bits per heavy atom. The summed E-state index contributed by atoms with van der Waals surface area (Å²) >= 11 is 5.34. The maximum absolute atomic E-state index is 6.37. The van der Waals surface area contributed by atoms with E-state index in [1.165, 1.54) is 46.3 Å². The topological polar surface area (TPSA) is 26.0 Å². The highest BCUT2D eigenvalue weighted by Gasteiger charge is 2.23. The van der Waals surface area contributed by atoms with Crippen molar-refractivity contribution in [3.05, 3.63) is 20.3 Å². The Labute approximate surface area is 104 Å². The lowest BCUT2D eigenvalue weighted by molar-refractivity contribution is 0.308. The van der Waals surface area contributed by atoms with E-state index in [2.05, 4.69) is 28.9 Å². The number of hydrogen-bond donors (Lipinski definition) is 1. The van der Waals surface area contributed by atoms with E-state index >= 15 is 0 Å². The van der Waals surface area contributed by atoms with Gasteiger partial charge in [-0.15, -0.1) is 11.3 Å². The first-order valence-corrected chi connectivity index (χ1v) is 7.31. The second-order valence-electron chi connectivity index (χ2n) is 4.49. The van der Waals surface area contributed by atoms with Crippen LogP contribution in [-0.4, -0.2) is 0 Å². The smallest absolute Gasteiger partial charge is 0.0704 e. The molecule has 3 heteroatoms. The summed E-state index contributed by atoms with van der Waals surface area (Å²) in [7, 11) is 0. The van der Waals surface area contributed by atoms with Gasteiger partial charge in [0.25, 0.3) is 0 Å². The lowest BCUT2D eigenvalue weighted by Gasteiger charge is -2.27. The van der Waals surface area contributed by atoms with Crippen LogP contribution in [0.1, 0.15) is 48.6 Å². The molecule has 1 fully saturated rings. The molecule has 0 spiro atoms. The molecule has 0 bridgehead atoms. The van der Waals surface area contributed by atoms with Crippen molar-refractivity contribution in [3.63, 3.8) is 0 Å². The Morgan fingerprint density at radius 2 is 2.07 bits per heavy atom. The number of halogens is 1. The van der Waals surface area contributed by atoms with E-state index in [4.69, 9.17) is 5.73 Å². The van der Waals surface area contributed by atoms with Crippen LogP contribution in [0.25, 0.3) is 0 Å². The number of aryl methyl sites for hydroxylation is 1. The Kier molecular flexibility index (Phi) is 3.86. The third kappa shape index (κ3) is 2.63. The predicted octanol–water partition coefficient (Wildman–Crippen LogP) is 4.40. The highest BCUT2D eigenvalue weighted by Crippen LogP contribution is 2.37. The molecule has 1 saturated carbocycles. The van der Waals surface area contributed by atoms with Crippen molar-refractivity contribution < 1.29 is 0 Å². The molecule has 1 unspecified atom stereocenters. The van der Waals surface area contributed by atoms with Crippen molar-refractivity contribution in [2.45, 2.75) is 45.1 Å². The normalized spacial score (nSPS) is 20.5. The van der Waals surface area contributed by atoms with E-state index in [9.17, 15) is 0 Å². The van der Waals surface area contributed by atoms with E-state index in [0.717, 1.165) is 0 Å². The van der Waals surface area contributed by atoms with Crippen LogP contribution in [0, 0.1) is 12.8 Å². The minimum Gasteiger partial charge on any atom is -0.324 e. The van der Waals surface area contributed by atoms with Gasteiger partial charge in [0.15, 0.2) is 0 Å². The molecule has 1 nitrogen and oxygen atoms in total. The SMILES string of the molecule is Cc1sc(Br)cc1C(N)C1CCCCC1. The van der Waals surface area contributed by atoms with Gasteiger partial charge in [0, 0.05) is 10.9 Å². The summed E-state index contributed by atoms with van der Waals surface area (Å²) in [6, 6.07) is 2.46. The van der Waals surface area contributed by atoms with Crippen molar-refractivity contribution in [1.29, 1.82) is 0 Å². The minimum atomic E-state index is 0.257. The number of nitrogens with two attached hydrogens (primary N) is 1. The molecular formula is C12H18BrNS. The summed E-state index contributed by atoms with van der Waals surface area (Å²) < 4.78 is 1.21. The fraction of sp³-hybridized carbons (Fsp3) is 0.667. The fourth-order valence-electron chi connectivity index (χ4n) is 2.54. The third-order valence-corrected chi connectivity index (χ3v) is 5.01. The van der Waals surface area contributed by atoms with E-state index in [1.807, 2.05) is 0 Å². The van der Waals surface area contributed by atoms with Crippen LogP contribution in [0.2, 0.25) is 0 Å². The van der Waals surface area contributed by atoms with Gasteiger partial charge in [0.2, 0.25) is 0 Å². The molecule has 0 aromatic carbocycles. The van der Waals surface area contributed by atoms with E-state index in [0.29, 0.717) is 5.92 Å². The summed E-state index contributed by atoms with van der Waals surface area (Å²) in [5, 5.41) is 0. The van der Waals surface area contributed by atoms with Crippen molar-refractivity contribution in [2.75, 3.05) is 0 Å². The predicted molar refractivity (Wildman–Crippen MR) is 70.3 cm³/mol. The van der Waals surface area contributed by atoms with Crippen LogP contribution in [0.3, 0.4) is 0 Å². The highest BCUT2D eigenvalue weighted by molar-refractivity contribution is 9.11. The second-order valence-corrected chi connectivity index (χ2v) is 7.12. The Hall–Kier alpha value is 0.140. The van der Waals surface area contributed by atoms with E-state index < -0.39 is 0 Å². The molecular weight excluding hydrogens is 270 g/mol. The Bertz CT molecular complexity index is 328. The fourth-order valence-corrected chi connectivity index (χ4v) is 4.30. The van der Waals surface area contributed by atoms with Crippen molar-refractivity contribution in [1.82, 2.24) is 0 Å². The third-order valence-electron chi connectivity index (χ3n) is 3.44. The van der Waals surface area contributed by atoms with Gasteiger partial charge in [-0.2, -0.15) is 0 Å². The molecule has 0 aliphatic heterocycles. The van der Waals surface area contributed by atoms with Crippen LogP contribution < -0.4 is 5.73 Å². The summed E-state index contributed by atoms with van der Waals surface area (Å²) in [4.78, 5) is 1.37. The van der Waals surface area contributed by atoms with Gasteiger partial charge in [-0.25, -0.2) is 0 Å². The zero-order valence-electron chi connectivity index (χ0n) is 9.13. The summed E-state index contributed by atoms with van der Waals surface area (Å²) in [6.45, 7) is 2.17. The van der Waals surface area contributed by atoms with Crippen LogP contribution in [0.4, 0.5) is 0 Å². The first-order chi connectivity index (χ1) is 7.18. The number of rotatable bonds is 2. The lowest BCUT2D eigenvalue weighted by Crippen LogP contribution is -2.23. The van der Waals surface area contributed by atoms with Gasteiger partial charge in [0.1, 0.15) is 0 Å². The zero-order valence-corrected chi connectivity index (χ0v) is 11.5. The summed E-state index contributed by atoms with van der Waals surface area (Å²) in [5.74, 6) is 0.707. The molecule has 1 heterocycles. The molecule has 1 aromatic heterocycles. The molecule has 0 radical (unpaired) electrons. The average molecular weight is 288 g/mol. The molecule has 0 amide bonds. The van der Waals surface area contributed by atoms with Crippen molar-refractivity contribution in [2.24, 2.45) is 11.7 Å². The molecule has 1 aliphatic carbocycles. The van der Waals surface area contributed by atoms with Crippen LogP contribution in [0.5, 0.6) is 0 Å². The standard InChI is InChI=1S/C12H18BrNS/c1-8-10(7-11(13)15-8)12(14)9-5-3-2-4-6-9/h7,9,12H,2-6,14H2,1H3. The van der Waals surface area contributed by atoms with Gasteiger partial charge in [-0.1, -0.05) is 19.3 Å². The Morgan fingerprint density at radius 3 is 2.60 bits per heavy atom. The monoisotopic (exact) mass is 287 g/mol. The highest BCUT2D eigenvalue weighted by atomic mass is 79.9. The second kappa shape index (κ2) is 4.98. The molecule has 1 aliphatic rings. The maximum atomic E-state index is 6.37. The Balaban J connectivity index is 2.12. The quantitative estimate of drug-likeness (QED) is 0.857. The first kappa shape index (κ1) is 11.6. The maximum Gasteiger partial charge on any atom is 0.0704 e. The minimum absolute atomic E-state index is 0.257.